The molecule has 0 spiro atoms. The average molecular weight is 536 g/mol. The Morgan fingerprint density at radius 2 is 1.69 bits per heavy atom. The third-order valence-electron chi connectivity index (χ3n) is 5.92. The van der Waals surface area contributed by atoms with Gasteiger partial charge in [-0.15, -0.1) is 10.2 Å². The van der Waals surface area contributed by atoms with E-state index in [0.717, 1.165) is 15.7 Å². The number of ether oxygens (including phenoxy) is 1. The summed E-state index contributed by atoms with van der Waals surface area (Å²) in [6.45, 7) is 2.17. The minimum Gasteiger partial charge on any atom is -0.399 e. The van der Waals surface area contributed by atoms with E-state index in [1.165, 1.54) is 16.9 Å². The van der Waals surface area contributed by atoms with Gasteiger partial charge in [-0.3, -0.25) is 4.79 Å². The summed E-state index contributed by atoms with van der Waals surface area (Å²) in [7, 11) is 0. The van der Waals surface area contributed by atoms with Crippen molar-refractivity contribution in [2.45, 2.75) is 25.7 Å². The summed E-state index contributed by atoms with van der Waals surface area (Å²) in [6, 6.07) is 21.2. The largest absolute Gasteiger partial charge is 0.399 e. The van der Waals surface area contributed by atoms with Gasteiger partial charge in [-0.25, -0.2) is 4.39 Å². The highest BCUT2D eigenvalue weighted by atomic mass is 79.9. The zero-order valence-corrected chi connectivity index (χ0v) is 20.5. The van der Waals surface area contributed by atoms with Crippen molar-refractivity contribution in [2.75, 3.05) is 12.3 Å². The molecule has 2 atom stereocenters. The number of amides is 1. The number of halogens is 2. The van der Waals surface area contributed by atoms with Crippen LogP contribution in [0.15, 0.2) is 77.3 Å². The fourth-order valence-electron chi connectivity index (χ4n) is 4.03. The van der Waals surface area contributed by atoms with E-state index in [9.17, 15) is 9.18 Å². The highest BCUT2D eigenvalue weighted by Crippen LogP contribution is 2.36. The fraction of sp³-hybridized carbons (Fsp3) is 0.192. The molecule has 5 rings (SSSR count). The summed E-state index contributed by atoms with van der Waals surface area (Å²) in [4.78, 5) is 16.2. The molecular formula is C26H23BrFN5O2. The lowest BCUT2D eigenvalue weighted by Gasteiger charge is -2.22. The quantitative estimate of drug-likeness (QED) is 0.354. The van der Waals surface area contributed by atoms with Gasteiger partial charge in [0.1, 0.15) is 23.3 Å². The summed E-state index contributed by atoms with van der Waals surface area (Å²) >= 11 is 3.44. The van der Waals surface area contributed by atoms with Crippen molar-refractivity contribution in [3.8, 4) is 16.9 Å². The number of carbonyl (C=O) groups is 1. The molecule has 2 heterocycles. The van der Waals surface area contributed by atoms with Gasteiger partial charge in [0.2, 0.25) is 0 Å². The molecule has 4 aromatic rings. The molecule has 0 unspecified atom stereocenters. The first-order chi connectivity index (χ1) is 16.9. The van der Waals surface area contributed by atoms with Crippen molar-refractivity contribution in [1.82, 2.24) is 19.9 Å². The van der Waals surface area contributed by atoms with Crippen LogP contribution in [0.1, 0.15) is 24.4 Å². The number of benzene rings is 3. The first-order valence-corrected chi connectivity index (χ1v) is 12.0. The number of aromatic nitrogens is 3. The van der Waals surface area contributed by atoms with Gasteiger partial charge in [-0.05, 0) is 79.6 Å². The minimum atomic E-state index is -0.726. The molecule has 0 radical (unpaired) electrons. The number of nitrogen functional groups attached to an aromatic ring is 1. The van der Waals surface area contributed by atoms with E-state index in [-0.39, 0.29) is 11.7 Å². The minimum absolute atomic E-state index is 0.117. The molecule has 1 fully saturated rings. The van der Waals surface area contributed by atoms with Crippen molar-refractivity contribution < 1.29 is 13.9 Å². The predicted octanol–water partition coefficient (Wildman–Crippen LogP) is 4.91. The third kappa shape index (κ3) is 4.82. The Balaban J connectivity index is 1.53. The first-order valence-electron chi connectivity index (χ1n) is 11.2. The average Bonchev–Trinajstić information content (AvgIpc) is 3.41. The van der Waals surface area contributed by atoms with Gasteiger partial charge in [0, 0.05) is 22.3 Å². The smallest absolute Gasteiger partial charge is 0.253 e. The number of anilines is 1. The topological polar surface area (TPSA) is 86.3 Å². The maximum absolute atomic E-state index is 13.6. The van der Waals surface area contributed by atoms with Crippen molar-refractivity contribution >= 4 is 27.5 Å². The maximum atomic E-state index is 13.6. The van der Waals surface area contributed by atoms with E-state index in [1.807, 2.05) is 48.5 Å². The number of nitrogens with zero attached hydrogens (tertiary/aromatic N) is 4. The van der Waals surface area contributed by atoms with Crippen LogP contribution in [0.5, 0.6) is 0 Å². The fourth-order valence-corrected chi connectivity index (χ4v) is 4.30. The summed E-state index contributed by atoms with van der Waals surface area (Å²) in [5.74, 6) is -0.463. The molecule has 1 aliphatic rings. The Morgan fingerprint density at radius 1 is 1.00 bits per heavy atom. The van der Waals surface area contributed by atoms with Gasteiger partial charge in [0.05, 0.1) is 5.69 Å². The zero-order valence-electron chi connectivity index (χ0n) is 18.9. The van der Waals surface area contributed by atoms with E-state index in [2.05, 4.69) is 15.9 Å². The lowest BCUT2D eigenvalue weighted by atomic mass is 10.1. The zero-order chi connectivity index (χ0) is 24.5. The van der Waals surface area contributed by atoms with Gasteiger partial charge in [0.25, 0.3) is 5.91 Å². The van der Waals surface area contributed by atoms with Crippen LogP contribution in [0.4, 0.5) is 10.1 Å². The summed E-state index contributed by atoms with van der Waals surface area (Å²) in [6.07, 6.45) is -0.716. The van der Waals surface area contributed by atoms with Crippen LogP contribution in [0.25, 0.3) is 16.9 Å². The van der Waals surface area contributed by atoms with Crippen LogP contribution in [0.3, 0.4) is 0 Å². The van der Waals surface area contributed by atoms with Crippen molar-refractivity contribution in [3.63, 3.8) is 0 Å². The molecule has 0 saturated carbocycles. The molecule has 1 aromatic heterocycles. The molecule has 7 nitrogen and oxygen atoms in total. The molecule has 9 heteroatoms. The highest BCUT2D eigenvalue weighted by Gasteiger charge is 2.41. The Bertz CT molecular complexity index is 1340. The molecule has 2 N–H and O–H groups in total. The van der Waals surface area contributed by atoms with E-state index < -0.39 is 12.3 Å². The molecular weight excluding hydrogens is 513 g/mol. The van der Waals surface area contributed by atoms with Crippen LogP contribution in [-0.2, 0) is 16.0 Å². The Morgan fingerprint density at radius 3 is 2.37 bits per heavy atom. The molecule has 178 valence electrons. The molecule has 1 saturated heterocycles. The second-order valence-electron chi connectivity index (χ2n) is 8.36. The molecule has 0 bridgehead atoms. The van der Waals surface area contributed by atoms with Crippen molar-refractivity contribution in [2.24, 2.45) is 0 Å². The SMILES string of the molecule is C[C@H]1O[C@H](c2nn(-c3ccc(Br)cc3)nc2-c2ccc(F)cc2)N(CCc2ccc(N)cc2)C1=O. The van der Waals surface area contributed by atoms with Crippen LogP contribution in [-0.4, -0.2) is 38.4 Å². The number of rotatable bonds is 6. The lowest BCUT2D eigenvalue weighted by molar-refractivity contribution is -0.130. The van der Waals surface area contributed by atoms with Gasteiger partial charge < -0.3 is 15.4 Å². The van der Waals surface area contributed by atoms with E-state index in [1.54, 1.807) is 24.0 Å². The molecule has 3 aromatic carbocycles. The van der Waals surface area contributed by atoms with Crippen molar-refractivity contribution in [1.29, 1.82) is 0 Å². The number of hydrogen-bond acceptors (Lipinski definition) is 5. The predicted molar refractivity (Wildman–Crippen MR) is 134 cm³/mol. The molecule has 1 aliphatic heterocycles. The maximum Gasteiger partial charge on any atom is 0.253 e. The monoisotopic (exact) mass is 535 g/mol. The van der Waals surface area contributed by atoms with E-state index in [0.29, 0.717) is 35.6 Å². The van der Waals surface area contributed by atoms with Crippen LogP contribution >= 0.6 is 15.9 Å². The standard InChI is InChI=1S/C26H23BrFN5O2/c1-16-25(34)32(15-14-17-2-10-21(29)11-3-17)26(35-16)24-23(18-4-8-20(28)9-5-18)30-33(31-24)22-12-6-19(27)7-13-22/h2-13,16,26H,14-15,29H2,1H3/t16-,26-/m1/s1. The van der Waals surface area contributed by atoms with E-state index >= 15 is 0 Å². The second-order valence-corrected chi connectivity index (χ2v) is 9.28. The van der Waals surface area contributed by atoms with Crippen LogP contribution in [0.2, 0.25) is 0 Å². The Labute approximate surface area is 210 Å². The Hall–Kier alpha value is -3.56. The lowest BCUT2D eigenvalue weighted by Crippen LogP contribution is -2.32. The summed E-state index contributed by atoms with van der Waals surface area (Å²) in [5, 5.41) is 9.44. The van der Waals surface area contributed by atoms with Crippen LogP contribution < -0.4 is 5.73 Å². The van der Waals surface area contributed by atoms with E-state index in [4.69, 9.17) is 20.7 Å². The third-order valence-corrected chi connectivity index (χ3v) is 6.45. The number of carbonyl (C=O) groups excluding carboxylic acids is 1. The normalized spacial score (nSPS) is 17.8. The molecule has 35 heavy (non-hydrogen) atoms. The highest BCUT2D eigenvalue weighted by molar-refractivity contribution is 9.10. The van der Waals surface area contributed by atoms with Gasteiger partial charge >= 0.3 is 0 Å². The van der Waals surface area contributed by atoms with Gasteiger partial charge in [-0.2, -0.15) is 4.80 Å². The molecule has 0 aliphatic carbocycles. The number of hydrogen-bond donors (Lipinski definition) is 1. The Kier molecular flexibility index (Phi) is 6.36. The summed E-state index contributed by atoms with van der Waals surface area (Å²) in [5.41, 5.74) is 9.99. The van der Waals surface area contributed by atoms with Crippen LogP contribution in [0, 0.1) is 5.82 Å². The van der Waals surface area contributed by atoms with Crippen molar-refractivity contribution in [3.05, 3.63) is 94.3 Å². The van der Waals surface area contributed by atoms with Gasteiger partial charge in [0.15, 0.2) is 6.23 Å². The van der Waals surface area contributed by atoms with Gasteiger partial charge in [-0.1, -0.05) is 28.1 Å². The molecule has 1 amide bonds. The first kappa shape index (κ1) is 23.2. The number of nitrogens with two attached hydrogens (primary N) is 1. The second kappa shape index (κ2) is 9.59. The summed E-state index contributed by atoms with van der Waals surface area (Å²) < 4.78 is 20.7.